The lowest BCUT2D eigenvalue weighted by Gasteiger charge is -2.04. The smallest absolute Gasteiger partial charge is 0.220 e. The normalized spacial score (nSPS) is 10.7. The van der Waals surface area contributed by atoms with Gasteiger partial charge in [0, 0.05) is 6.20 Å². The first-order chi connectivity index (χ1) is 9.74. The summed E-state index contributed by atoms with van der Waals surface area (Å²) in [6.07, 6.45) is 1.38. The van der Waals surface area contributed by atoms with E-state index in [-0.39, 0.29) is 10.0 Å². The Balaban J connectivity index is 1.95. The summed E-state index contributed by atoms with van der Waals surface area (Å²) in [5, 5.41) is 12.2. The quantitative estimate of drug-likeness (QED) is 0.744. The van der Waals surface area contributed by atoms with Crippen LogP contribution in [0.15, 0.2) is 52.8 Å². The molecule has 0 unspecified atom stereocenters. The molecule has 0 saturated heterocycles. The van der Waals surface area contributed by atoms with Gasteiger partial charge in [0.05, 0.1) is 10.7 Å². The molecule has 3 aromatic rings. The van der Waals surface area contributed by atoms with E-state index in [9.17, 15) is 4.39 Å². The van der Waals surface area contributed by atoms with Gasteiger partial charge < -0.3 is 0 Å². The molecule has 0 bridgehead atoms. The second kappa shape index (κ2) is 5.56. The van der Waals surface area contributed by atoms with Gasteiger partial charge in [0.1, 0.15) is 5.03 Å². The minimum absolute atomic E-state index is 0.168. The number of rotatable bonds is 3. The summed E-state index contributed by atoms with van der Waals surface area (Å²) >= 11 is 6.70. The Morgan fingerprint density at radius 3 is 2.75 bits per heavy atom. The predicted octanol–water partition coefficient (Wildman–Crippen LogP) is 3.00. The molecule has 1 aromatic carbocycles. The zero-order chi connectivity index (χ0) is 13.9. The van der Waals surface area contributed by atoms with Crippen molar-refractivity contribution in [1.82, 2.24) is 25.2 Å². The maximum absolute atomic E-state index is 13.7. The van der Waals surface area contributed by atoms with Gasteiger partial charge in [0.25, 0.3) is 0 Å². The fraction of sp³-hybridized carbons (Fsp3) is 0. The number of tetrazole rings is 1. The van der Waals surface area contributed by atoms with Gasteiger partial charge in [-0.1, -0.05) is 29.8 Å². The number of halogens is 2. The van der Waals surface area contributed by atoms with Crippen LogP contribution in [0.25, 0.3) is 5.69 Å². The number of para-hydroxylation sites is 1. The van der Waals surface area contributed by atoms with Crippen molar-refractivity contribution in [3.63, 3.8) is 0 Å². The standard InChI is InChI=1S/C12H7ClFN5S/c13-8-6-10(14)11(15-7-8)20-12-16-17-18-19(12)9-4-2-1-3-5-9/h1-7H. The van der Waals surface area contributed by atoms with Crippen LogP contribution in [0.5, 0.6) is 0 Å². The molecule has 5 nitrogen and oxygen atoms in total. The first-order valence-electron chi connectivity index (χ1n) is 5.57. The fourth-order valence-electron chi connectivity index (χ4n) is 1.54. The third kappa shape index (κ3) is 2.63. The van der Waals surface area contributed by atoms with Crippen molar-refractivity contribution in [3.05, 3.63) is 53.4 Å². The van der Waals surface area contributed by atoms with E-state index in [1.54, 1.807) is 0 Å². The summed E-state index contributed by atoms with van der Waals surface area (Å²) in [7, 11) is 0. The molecule has 0 saturated carbocycles. The topological polar surface area (TPSA) is 56.5 Å². The van der Waals surface area contributed by atoms with Crippen molar-refractivity contribution in [2.45, 2.75) is 10.2 Å². The van der Waals surface area contributed by atoms with E-state index in [1.165, 1.54) is 16.9 Å². The fourth-order valence-corrected chi connectivity index (χ4v) is 2.42. The lowest BCUT2D eigenvalue weighted by molar-refractivity contribution is 0.587. The molecule has 100 valence electrons. The highest BCUT2D eigenvalue weighted by Gasteiger charge is 2.14. The van der Waals surface area contributed by atoms with Crippen LogP contribution in [-0.2, 0) is 0 Å². The Bertz CT molecular complexity index is 734. The summed E-state index contributed by atoms with van der Waals surface area (Å²) in [6, 6.07) is 10.5. The predicted molar refractivity (Wildman–Crippen MR) is 72.5 cm³/mol. The van der Waals surface area contributed by atoms with E-state index in [0.717, 1.165) is 17.4 Å². The monoisotopic (exact) mass is 307 g/mol. The molecule has 0 aliphatic heterocycles. The number of hydrogen-bond acceptors (Lipinski definition) is 5. The minimum Gasteiger partial charge on any atom is -0.245 e. The number of nitrogens with zero attached hydrogens (tertiary/aromatic N) is 5. The summed E-state index contributed by atoms with van der Waals surface area (Å²) in [4.78, 5) is 3.93. The molecule has 0 atom stereocenters. The van der Waals surface area contributed by atoms with E-state index in [1.807, 2.05) is 30.3 Å². The number of aromatic nitrogens is 5. The average Bonchev–Trinajstić information content (AvgIpc) is 2.91. The Labute approximate surface area is 122 Å². The van der Waals surface area contributed by atoms with Crippen molar-refractivity contribution in [1.29, 1.82) is 0 Å². The SMILES string of the molecule is Fc1cc(Cl)cnc1Sc1nnnn1-c1ccccc1. The first-order valence-corrected chi connectivity index (χ1v) is 6.76. The zero-order valence-corrected chi connectivity index (χ0v) is 11.5. The van der Waals surface area contributed by atoms with Gasteiger partial charge >= 0.3 is 0 Å². The summed E-state index contributed by atoms with van der Waals surface area (Å²) in [5.74, 6) is -0.509. The van der Waals surface area contributed by atoms with Gasteiger partial charge in [-0.15, -0.1) is 5.10 Å². The van der Waals surface area contributed by atoms with Crippen molar-refractivity contribution in [2.24, 2.45) is 0 Å². The van der Waals surface area contributed by atoms with E-state index < -0.39 is 5.82 Å². The van der Waals surface area contributed by atoms with Gasteiger partial charge in [-0.05, 0) is 40.4 Å². The van der Waals surface area contributed by atoms with Crippen LogP contribution in [-0.4, -0.2) is 25.2 Å². The summed E-state index contributed by atoms with van der Waals surface area (Å²) < 4.78 is 15.2. The molecule has 0 N–H and O–H groups in total. The molecular weight excluding hydrogens is 301 g/mol. The minimum atomic E-state index is -0.509. The van der Waals surface area contributed by atoms with E-state index in [0.29, 0.717) is 5.16 Å². The second-order valence-corrected chi connectivity index (χ2v) is 5.14. The molecule has 0 radical (unpaired) electrons. The van der Waals surface area contributed by atoms with Gasteiger partial charge in [0.2, 0.25) is 5.16 Å². The summed E-state index contributed by atoms with van der Waals surface area (Å²) in [5.41, 5.74) is 0.786. The van der Waals surface area contributed by atoms with Crippen LogP contribution >= 0.6 is 23.4 Å². The third-order valence-electron chi connectivity index (χ3n) is 2.40. The van der Waals surface area contributed by atoms with Gasteiger partial charge in [0.15, 0.2) is 5.82 Å². The van der Waals surface area contributed by atoms with Crippen LogP contribution in [0.4, 0.5) is 4.39 Å². The molecular formula is C12H7ClFN5S. The zero-order valence-electron chi connectivity index (χ0n) is 9.94. The average molecular weight is 308 g/mol. The molecule has 0 fully saturated rings. The van der Waals surface area contributed by atoms with Crippen LogP contribution in [0.2, 0.25) is 5.02 Å². The van der Waals surface area contributed by atoms with Crippen LogP contribution in [0.1, 0.15) is 0 Å². The van der Waals surface area contributed by atoms with Gasteiger partial charge in [-0.25, -0.2) is 9.37 Å². The number of benzene rings is 1. The molecule has 0 spiro atoms. The van der Waals surface area contributed by atoms with Crippen molar-refractivity contribution in [2.75, 3.05) is 0 Å². The Kier molecular flexibility index (Phi) is 3.62. The van der Waals surface area contributed by atoms with E-state index >= 15 is 0 Å². The molecule has 8 heteroatoms. The van der Waals surface area contributed by atoms with Crippen LogP contribution in [0.3, 0.4) is 0 Å². The molecule has 3 rings (SSSR count). The summed E-state index contributed by atoms with van der Waals surface area (Å²) in [6.45, 7) is 0. The van der Waals surface area contributed by atoms with E-state index in [2.05, 4.69) is 20.5 Å². The van der Waals surface area contributed by atoms with Crippen molar-refractivity contribution < 1.29 is 4.39 Å². The molecule has 20 heavy (non-hydrogen) atoms. The number of pyridine rings is 1. The Morgan fingerprint density at radius 1 is 1.20 bits per heavy atom. The highest BCUT2D eigenvalue weighted by atomic mass is 35.5. The second-order valence-electron chi connectivity index (χ2n) is 3.75. The largest absolute Gasteiger partial charge is 0.245 e. The lowest BCUT2D eigenvalue weighted by Crippen LogP contribution is -1.99. The molecule has 0 aliphatic rings. The van der Waals surface area contributed by atoms with Gasteiger partial charge in [-0.2, -0.15) is 4.68 Å². The molecule has 2 aromatic heterocycles. The molecule has 0 aliphatic carbocycles. The van der Waals surface area contributed by atoms with E-state index in [4.69, 9.17) is 11.6 Å². The molecule has 2 heterocycles. The lowest BCUT2D eigenvalue weighted by atomic mass is 10.3. The molecule has 0 amide bonds. The first kappa shape index (κ1) is 13.0. The highest BCUT2D eigenvalue weighted by molar-refractivity contribution is 7.99. The Morgan fingerprint density at radius 2 is 2.00 bits per heavy atom. The maximum atomic E-state index is 13.7. The van der Waals surface area contributed by atoms with Gasteiger partial charge in [-0.3, -0.25) is 0 Å². The maximum Gasteiger partial charge on any atom is 0.220 e. The van der Waals surface area contributed by atoms with Crippen molar-refractivity contribution >= 4 is 23.4 Å². The highest BCUT2D eigenvalue weighted by Crippen LogP contribution is 2.28. The Hall–Kier alpha value is -1.99. The van der Waals surface area contributed by atoms with Crippen LogP contribution < -0.4 is 0 Å². The van der Waals surface area contributed by atoms with Crippen molar-refractivity contribution in [3.8, 4) is 5.69 Å². The number of hydrogen-bond donors (Lipinski definition) is 0. The third-order valence-corrected chi connectivity index (χ3v) is 3.54. The van der Waals surface area contributed by atoms with Crippen LogP contribution in [0, 0.1) is 5.82 Å².